The largest absolute Gasteiger partial charge is 0.455 e. The number of benzene rings is 2. The molecule has 0 aliphatic heterocycles. The molecule has 0 saturated carbocycles. The van der Waals surface area contributed by atoms with Gasteiger partial charge in [-0.05, 0) is 24.3 Å². The molecule has 0 spiro atoms. The summed E-state index contributed by atoms with van der Waals surface area (Å²) in [7, 11) is 0. The topological polar surface area (TPSA) is 86.5 Å². The molecule has 0 atom stereocenters. The maximum atomic E-state index is 12.8. The van der Waals surface area contributed by atoms with Crippen molar-refractivity contribution in [2.75, 3.05) is 0 Å². The number of fused-ring (bicyclic) bond motifs is 5. The normalized spacial score (nSPS) is 12.3. The number of rotatable bonds is 1. The molecule has 0 saturated heterocycles. The van der Waals surface area contributed by atoms with Crippen molar-refractivity contribution in [3.63, 3.8) is 0 Å². The minimum Gasteiger partial charge on any atom is -0.455 e. The minimum absolute atomic E-state index is 0.0236. The Morgan fingerprint density at radius 3 is 2.40 bits per heavy atom. The van der Waals surface area contributed by atoms with Crippen molar-refractivity contribution in [3.8, 4) is 0 Å². The molecule has 0 aliphatic carbocycles. The van der Waals surface area contributed by atoms with Gasteiger partial charge in [-0.1, -0.05) is 0 Å². The first-order valence-corrected chi connectivity index (χ1v) is 6.90. The Hall–Kier alpha value is -3.36. The molecule has 0 N–H and O–H groups in total. The van der Waals surface area contributed by atoms with Crippen LogP contribution in [0.15, 0.2) is 50.0 Å². The van der Waals surface area contributed by atoms with E-state index in [0.29, 0.717) is 6.07 Å². The van der Waals surface area contributed by atoms with Crippen molar-refractivity contribution in [2.45, 2.75) is 6.18 Å². The predicted molar refractivity (Wildman–Crippen MR) is 81.4 cm³/mol. The number of nitrogens with zero attached hydrogens (tertiary/aromatic N) is 1. The fourth-order valence-electron chi connectivity index (χ4n) is 2.71. The first-order chi connectivity index (χ1) is 11.8. The molecule has 2 aromatic heterocycles. The van der Waals surface area contributed by atoms with Crippen molar-refractivity contribution < 1.29 is 26.9 Å². The highest BCUT2D eigenvalue weighted by Gasteiger charge is 2.31. The highest BCUT2D eigenvalue weighted by atomic mass is 19.4. The van der Waals surface area contributed by atoms with E-state index in [2.05, 4.69) is 0 Å². The Bertz CT molecular complexity index is 1240. The van der Waals surface area contributed by atoms with Crippen molar-refractivity contribution in [2.24, 2.45) is 0 Å². The van der Waals surface area contributed by atoms with Crippen LogP contribution in [0.4, 0.5) is 18.9 Å². The van der Waals surface area contributed by atoms with E-state index in [1.807, 2.05) is 0 Å². The summed E-state index contributed by atoms with van der Waals surface area (Å²) in [5.74, 6) is 0. The summed E-state index contributed by atoms with van der Waals surface area (Å²) >= 11 is 0. The van der Waals surface area contributed by atoms with Gasteiger partial charge in [0.1, 0.15) is 16.6 Å². The van der Waals surface area contributed by atoms with Gasteiger partial charge in [-0.3, -0.25) is 10.1 Å². The number of halogens is 3. The van der Waals surface area contributed by atoms with E-state index in [9.17, 15) is 28.1 Å². The third-order valence-corrected chi connectivity index (χ3v) is 3.84. The van der Waals surface area contributed by atoms with Gasteiger partial charge in [0.15, 0.2) is 5.58 Å². The van der Waals surface area contributed by atoms with Gasteiger partial charge in [-0.25, -0.2) is 4.79 Å². The summed E-state index contributed by atoms with van der Waals surface area (Å²) in [6, 6.07) is 6.39. The van der Waals surface area contributed by atoms with Gasteiger partial charge in [0.2, 0.25) is 0 Å². The quantitative estimate of drug-likeness (QED) is 0.284. The Labute approximate surface area is 135 Å². The SMILES string of the molecule is O=c1oc2cc(C(F)(F)F)ccc2c2oc3ccc([N+](=O)[O-])cc3c12. The molecule has 9 heteroatoms. The van der Waals surface area contributed by atoms with E-state index in [1.165, 1.54) is 12.1 Å². The predicted octanol–water partition coefficient (Wildman–Crippen LogP) is 4.62. The van der Waals surface area contributed by atoms with Crippen LogP contribution in [0.2, 0.25) is 0 Å². The lowest BCUT2D eigenvalue weighted by Gasteiger charge is -2.06. The second-order valence-corrected chi connectivity index (χ2v) is 5.34. The van der Waals surface area contributed by atoms with Crippen molar-refractivity contribution in [3.05, 3.63) is 62.5 Å². The lowest BCUT2D eigenvalue weighted by molar-refractivity contribution is -0.384. The molecule has 4 aromatic rings. The average Bonchev–Trinajstić information content (AvgIpc) is 2.92. The van der Waals surface area contributed by atoms with Gasteiger partial charge in [-0.2, -0.15) is 13.2 Å². The summed E-state index contributed by atoms with van der Waals surface area (Å²) in [6.45, 7) is 0. The molecule has 2 aromatic carbocycles. The number of furan rings is 1. The van der Waals surface area contributed by atoms with Crippen LogP contribution in [-0.4, -0.2) is 4.92 Å². The molecule has 0 radical (unpaired) electrons. The summed E-state index contributed by atoms with van der Waals surface area (Å²) in [5.41, 5.74) is -2.20. The number of nitro benzene ring substituents is 1. The molecule has 0 amide bonds. The van der Waals surface area contributed by atoms with E-state index in [4.69, 9.17) is 8.83 Å². The van der Waals surface area contributed by atoms with Gasteiger partial charge in [0.05, 0.1) is 15.9 Å². The Morgan fingerprint density at radius 1 is 0.960 bits per heavy atom. The molecular weight excluding hydrogens is 343 g/mol. The van der Waals surface area contributed by atoms with Crippen LogP contribution >= 0.6 is 0 Å². The molecule has 6 nitrogen and oxygen atoms in total. The smallest absolute Gasteiger partial charge is 0.416 e. The van der Waals surface area contributed by atoms with E-state index in [1.54, 1.807) is 0 Å². The first-order valence-electron chi connectivity index (χ1n) is 6.90. The zero-order valence-corrected chi connectivity index (χ0v) is 12.1. The number of hydrogen-bond acceptors (Lipinski definition) is 5. The van der Waals surface area contributed by atoms with Crippen LogP contribution in [0.1, 0.15) is 5.56 Å². The van der Waals surface area contributed by atoms with Gasteiger partial charge < -0.3 is 8.83 Å². The molecule has 2 heterocycles. The molecule has 0 bridgehead atoms. The highest BCUT2D eigenvalue weighted by Crippen LogP contribution is 2.36. The molecule has 126 valence electrons. The molecule has 4 rings (SSSR count). The van der Waals surface area contributed by atoms with Crippen LogP contribution in [0.25, 0.3) is 32.9 Å². The van der Waals surface area contributed by atoms with Crippen LogP contribution in [0, 0.1) is 10.1 Å². The summed E-state index contributed by atoms with van der Waals surface area (Å²) in [5, 5.41) is 11.2. The third-order valence-electron chi connectivity index (χ3n) is 3.84. The third kappa shape index (κ3) is 2.24. The molecule has 0 fully saturated rings. The van der Waals surface area contributed by atoms with Crippen molar-refractivity contribution in [1.29, 1.82) is 0 Å². The number of hydrogen-bond donors (Lipinski definition) is 0. The van der Waals surface area contributed by atoms with Gasteiger partial charge in [0, 0.05) is 17.5 Å². The van der Waals surface area contributed by atoms with Crippen LogP contribution in [-0.2, 0) is 6.18 Å². The highest BCUT2D eigenvalue weighted by molar-refractivity contribution is 6.13. The van der Waals surface area contributed by atoms with E-state index < -0.39 is 22.3 Å². The molecular formula is C16H6F3NO5. The van der Waals surface area contributed by atoms with Gasteiger partial charge >= 0.3 is 11.8 Å². The lowest BCUT2D eigenvalue weighted by Crippen LogP contribution is -2.05. The van der Waals surface area contributed by atoms with E-state index in [0.717, 1.165) is 18.2 Å². The van der Waals surface area contributed by atoms with Gasteiger partial charge in [0.25, 0.3) is 5.69 Å². The van der Waals surface area contributed by atoms with Crippen LogP contribution in [0.3, 0.4) is 0 Å². The lowest BCUT2D eigenvalue weighted by atomic mass is 10.1. The van der Waals surface area contributed by atoms with Crippen molar-refractivity contribution >= 4 is 38.6 Å². The maximum Gasteiger partial charge on any atom is 0.416 e. The maximum absolute atomic E-state index is 12.8. The Balaban J connectivity index is 2.13. The second kappa shape index (κ2) is 4.82. The fourth-order valence-corrected chi connectivity index (χ4v) is 2.71. The van der Waals surface area contributed by atoms with Crippen molar-refractivity contribution in [1.82, 2.24) is 0 Å². The summed E-state index contributed by atoms with van der Waals surface area (Å²) in [4.78, 5) is 22.5. The summed E-state index contributed by atoms with van der Waals surface area (Å²) in [6.07, 6.45) is -4.59. The summed E-state index contributed by atoms with van der Waals surface area (Å²) < 4.78 is 49.0. The zero-order chi connectivity index (χ0) is 17.9. The standard InChI is InChI=1S/C16H6F3NO5/c17-16(18,19)7-1-3-9-12(5-7)25-15(21)13-10-6-8(20(22)23)2-4-11(10)24-14(9)13/h1-6H. The number of non-ortho nitro benzene ring substituents is 1. The van der Waals surface area contributed by atoms with Crippen LogP contribution in [0.5, 0.6) is 0 Å². The zero-order valence-electron chi connectivity index (χ0n) is 12.1. The monoisotopic (exact) mass is 349 g/mol. The van der Waals surface area contributed by atoms with Crippen LogP contribution < -0.4 is 5.63 Å². The minimum atomic E-state index is -4.59. The number of nitro groups is 1. The van der Waals surface area contributed by atoms with E-state index >= 15 is 0 Å². The fraction of sp³-hybridized carbons (Fsp3) is 0.0625. The molecule has 0 unspecified atom stereocenters. The average molecular weight is 349 g/mol. The second-order valence-electron chi connectivity index (χ2n) is 5.34. The molecule has 25 heavy (non-hydrogen) atoms. The van der Waals surface area contributed by atoms with Gasteiger partial charge in [-0.15, -0.1) is 0 Å². The number of alkyl halides is 3. The Morgan fingerprint density at radius 2 is 1.72 bits per heavy atom. The molecule has 0 aliphatic rings. The first kappa shape index (κ1) is 15.2. The Kier molecular flexibility index (Phi) is 2.93. The van der Waals surface area contributed by atoms with E-state index in [-0.39, 0.29) is 38.6 Å².